The molecule has 0 aliphatic heterocycles. The quantitative estimate of drug-likeness (QED) is 0.215. The van der Waals surface area contributed by atoms with Crippen molar-refractivity contribution in [1.29, 1.82) is 0 Å². The minimum atomic E-state index is -0.428. The van der Waals surface area contributed by atoms with Gasteiger partial charge < -0.3 is 18.9 Å². The molecule has 0 atom stereocenters. The van der Waals surface area contributed by atoms with Crippen LogP contribution in [0.3, 0.4) is 0 Å². The van der Waals surface area contributed by atoms with Crippen molar-refractivity contribution >= 4 is 0 Å². The standard InChI is InChI=1S/C30H46O4.2C2H6/c1-9-23-15-24(10-2)18-27(17-23)31-13-14-33-30(7,8)22-34-29(5,6)21-32-28-19-25(11-3)16-26(12-4)20-28;2*1-2/h15-20H,9-14,21-22H2,1-8H3;2*1-2H3. The zero-order chi connectivity index (χ0) is 29.2. The van der Waals surface area contributed by atoms with Gasteiger partial charge in [0.25, 0.3) is 0 Å². The monoisotopic (exact) mass is 530 g/mol. The maximum absolute atomic E-state index is 6.21. The van der Waals surface area contributed by atoms with Crippen LogP contribution in [-0.4, -0.2) is 37.6 Å². The molecule has 0 saturated heterocycles. The highest BCUT2D eigenvalue weighted by Gasteiger charge is 2.26. The molecule has 2 rings (SSSR count). The van der Waals surface area contributed by atoms with Crippen LogP contribution in [0.5, 0.6) is 11.5 Å². The van der Waals surface area contributed by atoms with Crippen molar-refractivity contribution in [2.24, 2.45) is 0 Å². The number of hydrogen-bond donors (Lipinski definition) is 0. The molecule has 0 radical (unpaired) electrons. The fourth-order valence-electron chi connectivity index (χ4n) is 3.63. The lowest BCUT2D eigenvalue weighted by molar-refractivity contribution is -0.132. The molecular weight excluding hydrogens is 472 g/mol. The molecule has 0 saturated carbocycles. The summed E-state index contributed by atoms with van der Waals surface area (Å²) in [4.78, 5) is 0. The van der Waals surface area contributed by atoms with Crippen molar-refractivity contribution in [2.75, 3.05) is 26.4 Å². The smallest absolute Gasteiger partial charge is 0.120 e. The molecule has 0 spiro atoms. The van der Waals surface area contributed by atoms with E-state index >= 15 is 0 Å². The highest BCUT2D eigenvalue weighted by molar-refractivity contribution is 5.35. The van der Waals surface area contributed by atoms with E-state index in [9.17, 15) is 0 Å². The third-order valence-corrected chi connectivity index (χ3v) is 5.93. The van der Waals surface area contributed by atoms with Crippen LogP contribution in [0.25, 0.3) is 0 Å². The van der Waals surface area contributed by atoms with E-state index in [4.69, 9.17) is 18.9 Å². The van der Waals surface area contributed by atoms with Crippen LogP contribution >= 0.6 is 0 Å². The molecule has 0 fully saturated rings. The molecule has 2 aromatic rings. The Bertz CT molecular complexity index is 842. The van der Waals surface area contributed by atoms with E-state index in [-0.39, 0.29) is 0 Å². The summed E-state index contributed by atoms with van der Waals surface area (Å²) in [6.45, 7) is 26.9. The molecule has 0 bridgehead atoms. The Balaban J connectivity index is 0.00000326. The maximum Gasteiger partial charge on any atom is 0.120 e. The van der Waals surface area contributed by atoms with Gasteiger partial charge in [-0.25, -0.2) is 0 Å². The molecule has 0 aliphatic carbocycles. The van der Waals surface area contributed by atoms with Crippen LogP contribution in [0.1, 0.15) is 105 Å². The van der Waals surface area contributed by atoms with Crippen molar-refractivity contribution < 1.29 is 18.9 Å². The highest BCUT2D eigenvalue weighted by Crippen LogP contribution is 2.22. The van der Waals surface area contributed by atoms with Gasteiger partial charge in [-0.15, -0.1) is 0 Å². The lowest BCUT2D eigenvalue weighted by Crippen LogP contribution is -2.40. The van der Waals surface area contributed by atoms with Crippen LogP contribution in [0.2, 0.25) is 0 Å². The van der Waals surface area contributed by atoms with E-state index in [0.717, 1.165) is 37.2 Å². The van der Waals surface area contributed by atoms with E-state index in [2.05, 4.69) is 91.8 Å². The summed E-state index contributed by atoms with van der Waals surface area (Å²) in [5.74, 6) is 1.84. The molecule has 0 aromatic heterocycles. The Hall–Kier alpha value is -2.04. The Labute approximate surface area is 235 Å². The summed E-state index contributed by atoms with van der Waals surface area (Å²) in [6, 6.07) is 13.0. The molecule has 0 N–H and O–H groups in total. The van der Waals surface area contributed by atoms with Crippen LogP contribution in [0, 0.1) is 0 Å². The first-order valence-electron chi connectivity index (χ1n) is 14.9. The second kappa shape index (κ2) is 19.1. The lowest BCUT2D eigenvalue weighted by Gasteiger charge is -2.32. The van der Waals surface area contributed by atoms with Crippen LogP contribution in [0.15, 0.2) is 36.4 Å². The number of rotatable bonds is 15. The van der Waals surface area contributed by atoms with Gasteiger partial charge in [0.2, 0.25) is 0 Å². The molecule has 4 nitrogen and oxygen atoms in total. The van der Waals surface area contributed by atoms with Crippen LogP contribution in [-0.2, 0) is 35.2 Å². The summed E-state index contributed by atoms with van der Waals surface area (Å²) in [6.07, 6.45) is 4.02. The van der Waals surface area contributed by atoms with Gasteiger partial charge in [-0.1, -0.05) is 67.5 Å². The Kier molecular flexibility index (Phi) is 18.1. The van der Waals surface area contributed by atoms with Gasteiger partial charge in [-0.3, -0.25) is 0 Å². The van der Waals surface area contributed by atoms with Gasteiger partial charge in [-0.05, 0) is 99.9 Å². The molecule has 218 valence electrons. The normalized spacial score (nSPS) is 11.2. The molecule has 0 unspecified atom stereocenters. The molecule has 0 aliphatic rings. The molecular formula is C34H58O4. The first-order chi connectivity index (χ1) is 18.1. The van der Waals surface area contributed by atoms with Crippen molar-refractivity contribution in [3.8, 4) is 11.5 Å². The van der Waals surface area contributed by atoms with E-state index in [1.807, 2.05) is 27.7 Å². The predicted octanol–water partition coefficient (Wildman–Crippen LogP) is 9.04. The van der Waals surface area contributed by atoms with Crippen molar-refractivity contribution in [2.45, 2.75) is 120 Å². The fraction of sp³-hybridized carbons (Fsp3) is 0.647. The number of ether oxygens (including phenoxy) is 4. The average Bonchev–Trinajstić information content (AvgIpc) is 2.95. The number of aryl methyl sites for hydroxylation is 4. The number of benzene rings is 2. The zero-order valence-electron chi connectivity index (χ0n) is 26.8. The minimum Gasteiger partial charge on any atom is -0.491 e. The van der Waals surface area contributed by atoms with E-state index in [1.54, 1.807) is 0 Å². The molecule has 4 heteroatoms. The Morgan fingerprint density at radius 2 is 0.842 bits per heavy atom. The zero-order valence-corrected chi connectivity index (χ0v) is 26.8. The van der Waals surface area contributed by atoms with Crippen LogP contribution in [0.4, 0.5) is 0 Å². The SMILES string of the molecule is CC.CC.CCc1cc(CC)cc(OCCOC(C)(C)COC(C)(C)COc2cc(CC)cc(CC)c2)c1. The topological polar surface area (TPSA) is 36.9 Å². The van der Waals surface area contributed by atoms with Gasteiger partial charge in [0, 0.05) is 0 Å². The fourth-order valence-corrected chi connectivity index (χ4v) is 3.63. The molecule has 0 heterocycles. The highest BCUT2D eigenvalue weighted by atomic mass is 16.6. The second-order valence-corrected chi connectivity index (χ2v) is 10.2. The minimum absolute atomic E-state index is 0.419. The third kappa shape index (κ3) is 14.2. The molecule has 38 heavy (non-hydrogen) atoms. The van der Waals surface area contributed by atoms with E-state index < -0.39 is 11.2 Å². The van der Waals surface area contributed by atoms with Crippen molar-refractivity contribution in [1.82, 2.24) is 0 Å². The van der Waals surface area contributed by atoms with Gasteiger partial charge >= 0.3 is 0 Å². The lowest BCUT2D eigenvalue weighted by atomic mass is 10.1. The van der Waals surface area contributed by atoms with Crippen LogP contribution < -0.4 is 9.47 Å². The van der Waals surface area contributed by atoms with Gasteiger partial charge in [-0.2, -0.15) is 0 Å². The second-order valence-electron chi connectivity index (χ2n) is 10.2. The van der Waals surface area contributed by atoms with Crippen molar-refractivity contribution in [3.05, 3.63) is 58.7 Å². The average molecular weight is 531 g/mol. The van der Waals surface area contributed by atoms with Gasteiger partial charge in [0.1, 0.15) is 24.7 Å². The largest absolute Gasteiger partial charge is 0.491 e. The summed E-state index contributed by atoms with van der Waals surface area (Å²) >= 11 is 0. The summed E-state index contributed by atoms with van der Waals surface area (Å²) < 4.78 is 24.4. The molecule has 2 aromatic carbocycles. The maximum atomic E-state index is 6.21. The first-order valence-corrected chi connectivity index (χ1v) is 14.9. The first kappa shape index (κ1) is 36.0. The summed E-state index contributed by atoms with van der Waals surface area (Å²) in [5, 5.41) is 0. The number of hydrogen-bond acceptors (Lipinski definition) is 4. The van der Waals surface area contributed by atoms with Gasteiger partial charge in [0.05, 0.1) is 24.4 Å². The molecule has 0 amide bonds. The predicted molar refractivity (Wildman–Crippen MR) is 164 cm³/mol. The Morgan fingerprint density at radius 3 is 1.24 bits per heavy atom. The third-order valence-electron chi connectivity index (χ3n) is 5.93. The Morgan fingerprint density at radius 1 is 0.474 bits per heavy atom. The van der Waals surface area contributed by atoms with E-state index in [0.29, 0.717) is 26.4 Å². The summed E-state index contributed by atoms with van der Waals surface area (Å²) in [7, 11) is 0. The van der Waals surface area contributed by atoms with Crippen molar-refractivity contribution in [3.63, 3.8) is 0 Å². The van der Waals surface area contributed by atoms with E-state index in [1.165, 1.54) is 22.3 Å². The van der Waals surface area contributed by atoms with Gasteiger partial charge in [0.15, 0.2) is 0 Å². The summed E-state index contributed by atoms with van der Waals surface area (Å²) in [5.41, 5.74) is 4.37.